The highest BCUT2D eigenvalue weighted by atomic mass is 35.5. The van der Waals surface area contributed by atoms with Crippen LogP contribution in [-0.2, 0) is 13.0 Å². The minimum absolute atomic E-state index is 0.335. The summed E-state index contributed by atoms with van der Waals surface area (Å²) in [5.74, 6) is 0.697. The first-order valence-corrected chi connectivity index (χ1v) is 10.8. The van der Waals surface area contributed by atoms with Gasteiger partial charge in [0.15, 0.2) is 0 Å². The number of nitrogens with zero attached hydrogens (tertiary/aromatic N) is 3. The molecule has 0 bridgehead atoms. The fourth-order valence-corrected chi connectivity index (χ4v) is 3.67. The number of aliphatic imine (C=N–C) groups is 1. The maximum Gasteiger partial charge on any atom is 0.259 e. The molecule has 8 heteroatoms. The first-order chi connectivity index (χ1) is 15.4. The molecule has 0 aliphatic carbocycles. The summed E-state index contributed by atoms with van der Waals surface area (Å²) in [6.45, 7) is 7.45. The van der Waals surface area contributed by atoms with Gasteiger partial charge in [0.05, 0.1) is 23.4 Å². The van der Waals surface area contributed by atoms with Gasteiger partial charge in [-0.25, -0.2) is 0 Å². The van der Waals surface area contributed by atoms with E-state index in [0.717, 1.165) is 23.6 Å². The maximum absolute atomic E-state index is 12.8. The smallest absolute Gasteiger partial charge is 0.259 e. The zero-order valence-corrected chi connectivity index (χ0v) is 19.5. The molecule has 1 aromatic heterocycles. The number of aryl methyl sites for hydroxylation is 2. The molecule has 1 heterocycles. The van der Waals surface area contributed by atoms with E-state index in [4.69, 9.17) is 16.3 Å². The summed E-state index contributed by atoms with van der Waals surface area (Å²) in [5, 5.41) is 11.0. The lowest BCUT2D eigenvalue weighted by Crippen LogP contribution is -2.36. The van der Waals surface area contributed by atoms with Crippen LogP contribution < -0.4 is 15.4 Å². The van der Waals surface area contributed by atoms with E-state index in [0.29, 0.717) is 35.3 Å². The van der Waals surface area contributed by atoms with Crippen LogP contribution in [0.2, 0.25) is 5.02 Å². The Morgan fingerprint density at radius 3 is 2.66 bits per heavy atom. The molecule has 0 saturated heterocycles. The van der Waals surface area contributed by atoms with Gasteiger partial charge in [-0.1, -0.05) is 29.8 Å². The van der Waals surface area contributed by atoms with Crippen molar-refractivity contribution in [2.24, 2.45) is 4.99 Å². The van der Waals surface area contributed by atoms with Gasteiger partial charge in [0.1, 0.15) is 5.75 Å². The quantitative estimate of drug-likeness (QED) is 0.404. The molecule has 0 unspecified atom stereocenters. The summed E-state index contributed by atoms with van der Waals surface area (Å²) >= 11 is 6.19. The largest absolute Gasteiger partial charge is 0.497 e. The van der Waals surface area contributed by atoms with Gasteiger partial charge >= 0.3 is 0 Å². The van der Waals surface area contributed by atoms with Crippen LogP contribution in [0.5, 0.6) is 5.75 Å². The fraction of sp³-hybridized carbons (Fsp3) is 0.292. The number of hydrogen-bond donors (Lipinski definition) is 2. The molecule has 3 aromatic rings. The molecule has 0 atom stereocenters. The molecular weight excluding hydrogens is 426 g/mol. The molecule has 0 aliphatic rings. The van der Waals surface area contributed by atoms with E-state index >= 15 is 0 Å². The Morgan fingerprint density at radius 2 is 1.97 bits per heavy atom. The topological polar surface area (TPSA) is 80.5 Å². The van der Waals surface area contributed by atoms with Crippen molar-refractivity contribution in [2.75, 3.05) is 19.0 Å². The lowest BCUT2D eigenvalue weighted by atomic mass is 10.1. The number of nitrogens with one attached hydrogen (secondary N) is 2. The number of hydrogen-bond acceptors (Lipinski definition) is 4. The second-order valence-electron chi connectivity index (χ2n) is 7.24. The molecule has 0 fully saturated rings. The number of carbonyl (C=O) groups excluding carboxylic acids is 1. The Morgan fingerprint density at radius 1 is 1.19 bits per heavy atom. The number of anilines is 1. The van der Waals surface area contributed by atoms with E-state index in [9.17, 15) is 4.79 Å². The molecule has 1 amide bonds. The number of methoxy groups -OCH3 is 1. The van der Waals surface area contributed by atoms with Gasteiger partial charge in [0, 0.05) is 30.5 Å². The summed E-state index contributed by atoms with van der Waals surface area (Å²) in [6.07, 6.45) is 0.711. The maximum atomic E-state index is 12.8. The van der Waals surface area contributed by atoms with Crippen molar-refractivity contribution in [3.05, 3.63) is 76.1 Å². The standard InChI is InChI=1S/C24H28ClN5O2/c1-5-30-17(3)20(16(2)29-30)13-14-26-24(27-18-9-8-10-19(15-18)32-4)28-23(31)21-11-6-7-12-22(21)25/h6-12,15H,5,13-14H2,1-4H3,(H2,26,27,28,31). The number of rotatable bonds is 7. The number of guanidine groups is 1. The number of carbonyl (C=O) groups is 1. The van der Waals surface area contributed by atoms with Crippen molar-refractivity contribution in [2.45, 2.75) is 33.7 Å². The van der Waals surface area contributed by atoms with E-state index in [-0.39, 0.29) is 5.91 Å². The van der Waals surface area contributed by atoms with Gasteiger partial charge in [-0.3, -0.25) is 19.8 Å². The van der Waals surface area contributed by atoms with Gasteiger partial charge < -0.3 is 10.1 Å². The predicted molar refractivity (Wildman–Crippen MR) is 129 cm³/mol. The van der Waals surface area contributed by atoms with Crippen molar-refractivity contribution in [3.8, 4) is 5.75 Å². The summed E-state index contributed by atoms with van der Waals surface area (Å²) in [6, 6.07) is 14.3. The molecule has 0 aliphatic heterocycles. The number of amides is 1. The van der Waals surface area contributed by atoms with Gasteiger partial charge in [0.25, 0.3) is 5.91 Å². The van der Waals surface area contributed by atoms with Crippen LogP contribution in [0.3, 0.4) is 0 Å². The van der Waals surface area contributed by atoms with Crippen molar-refractivity contribution >= 4 is 29.2 Å². The van der Waals surface area contributed by atoms with Crippen LogP contribution in [0, 0.1) is 13.8 Å². The first kappa shape index (κ1) is 23.3. The molecule has 2 N–H and O–H groups in total. The van der Waals surface area contributed by atoms with Crippen LogP contribution in [0.25, 0.3) is 0 Å². The van der Waals surface area contributed by atoms with Crippen LogP contribution in [0.4, 0.5) is 5.69 Å². The molecule has 32 heavy (non-hydrogen) atoms. The molecule has 0 radical (unpaired) electrons. The van der Waals surface area contributed by atoms with Gasteiger partial charge in [-0.05, 0) is 57.0 Å². The van der Waals surface area contributed by atoms with Crippen LogP contribution in [-0.4, -0.2) is 35.3 Å². The molecule has 7 nitrogen and oxygen atoms in total. The molecule has 3 rings (SSSR count). The van der Waals surface area contributed by atoms with E-state index in [1.54, 1.807) is 31.4 Å². The van der Waals surface area contributed by atoms with Crippen molar-refractivity contribution in [3.63, 3.8) is 0 Å². The second-order valence-corrected chi connectivity index (χ2v) is 7.64. The summed E-state index contributed by atoms with van der Waals surface area (Å²) in [5.41, 5.74) is 4.44. The van der Waals surface area contributed by atoms with E-state index in [1.165, 1.54) is 5.56 Å². The van der Waals surface area contributed by atoms with Crippen LogP contribution in [0.15, 0.2) is 53.5 Å². The predicted octanol–water partition coefficient (Wildman–Crippen LogP) is 4.62. The third kappa shape index (κ3) is 5.68. The lowest BCUT2D eigenvalue weighted by molar-refractivity contribution is 0.0977. The van der Waals surface area contributed by atoms with Crippen molar-refractivity contribution in [1.82, 2.24) is 15.1 Å². The Balaban J connectivity index is 1.81. The first-order valence-electron chi connectivity index (χ1n) is 10.5. The molecule has 2 aromatic carbocycles. The van der Waals surface area contributed by atoms with E-state index in [1.807, 2.05) is 35.9 Å². The molecule has 0 saturated carbocycles. The van der Waals surface area contributed by atoms with Gasteiger partial charge in [0.2, 0.25) is 5.96 Å². The molecular formula is C24H28ClN5O2. The lowest BCUT2D eigenvalue weighted by Gasteiger charge is -2.13. The number of benzene rings is 2. The zero-order chi connectivity index (χ0) is 23.1. The Hall–Kier alpha value is -3.32. The summed E-state index contributed by atoms with van der Waals surface area (Å²) < 4.78 is 7.28. The minimum Gasteiger partial charge on any atom is -0.497 e. The highest BCUT2D eigenvalue weighted by molar-refractivity contribution is 6.34. The number of halogens is 1. The molecule has 0 spiro atoms. The van der Waals surface area contributed by atoms with Crippen molar-refractivity contribution < 1.29 is 9.53 Å². The highest BCUT2D eigenvalue weighted by Gasteiger charge is 2.14. The van der Waals surface area contributed by atoms with Gasteiger partial charge in [-0.2, -0.15) is 5.10 Å². The minimum atomic E-state index is -0.337. The third-order valence-electron chi connectivity index (χ3n) is 5.15. The fourth-order valence-electron chi connectivity index (χ4n) is 3.45. The van der Waals surface area contributed by atoms with E-state index < -0.39 is 0 Å². The number of ether oxygens (including phenoxy) is 1. The zero-order valence-electron chi connectivity index (χ0n) is 18.8. The SMILES string of the molecule is CCn1nc(C)c(CCN=C(NC(=O)c2ccccc2Cl)Nc2cccc(OC)c2)c1C. The van der Waals surface area contributed by atoms with Crippen molar-refractivity contribution in [1.29, 1.82) is 0 Å². The second kappa shape index (κ2) is 10.8. The Labute approximate surface area is 193 Å². The normalized spacial score (nSPS) is 11.3. The Kier molecular flexibility index (Phi) is 7.89. The summed E-state index contributed by atoms with van der Waals surface area (Å²) in [4.78, 5) is 17.5. The average molecular weight is 454 g/mol. The third-order valence-corrected chi connectivity index (χ3v) is 5.48. The van der Waals surface area contributed by atoms with Gasteiger partial charge in [-0.15, -0.1) is 0 Å². The monoisotopic (exact) mass is 453 g/mol. The van der Waals surface area contributed by atoms with Crippen LogP contribution in [0.1, 0.15) is 34.2 Å². The van der Waals surface area contributed by atoms with E-state index in [2.05, 4.69) is 34.6 Å². The van der Waals surface area contributed by atoms with Crippen LogP contribution >= 0.6 is 11.6 Å². The number of aromatic nitrogens is 2. The Bertz CT molecular complexity index is 1120. The highest BCUT2D eigenvalue weighted by Crippen LogP contribution is 2.18. The summed E-state index contributed by atoms with van der Waals surface area (Å²) in [7, 11) is 1.61. The molecule has 168 valence electrons. The average Bonchev–Trinajstić information content (AvgIpc) is 3.07.